The average molecular weight is 961 g/mol. The van der Waals surface area contributed by atoms with E-state index in [4.69, 9.17) is 23.7 Å². The molecule has 372 valence electrons. The maximum Gasteiger partial charge on any atom is 0.460 e. The highest BCUT2D eigenvalue weighted by Gasteiger charge is 2.81. The van der Waals surface area contributed by atoms with E-state index in [1.165, 1.54) is 31.8 Å². The Labute approximate surface area is 386 Å². The third-order valence-corrected chi connectivity index (χ3v) is 12.0. The van der Waals surface area contributed by atoms with Crippen molar-refractivity contribution < 1.29 is 77.6 Å². The van der Waals surface area contributed by atoms with Crippen LogP contribution in [-0.4, -0.2) is 73.9 Å². The Balaban J connectivity index is 1.04. The Bertz CT molecular complexity index is 1890. The lowest BCUT2D eigenvalue weighted by atomic mass is 9.87. The molecule has 2 aliphatic rings. The molecule has 4 rings (SSSR count). The number of benzene rings is 2. The summed E-state index contributed by atoms with van der Waals surface area (Å²) in [6.45, 7) is 4.36. The van der Waals surface area contributed by atoms with Gasteiger partial charge in [-0.05, 0) is 126 Å². The number of rotatable bonds is 26. The molecule has 0 atom stereocenters. The van der Waals surface area contributed by atoms with E-state index in [9.17, 15) is 53.9 Å². The van der Waals surface area contributed by atoms with Gasteiger partial charge in [-0.25, -0.2) is 4.79 Å². The van der Waals surface area contributed by atoms with Gasteiger partial charge in [0, 0.05) is 36.8 Å². The van der Waals surface area contributed by atoms with Gasteiger partial charge in [0.25, 0.3) is 0 Å². The van der Waals surface area contributed by atoms with Gasteiger partial charge in [0.2, 0.25) is 0 Å². The fourth-order valence-corrected chi connectivity index (χ4v) is 7.87. The zero-order chi connectivity index (χ0) is 48.9. The summed E-state index contributed by atoms with van der Waals surface area (Å²) in [5.41, 5.74) is 1.36. The van der Waals surface area contributed by atoms with E-state index in [0.29, 0.717) is 54.9 Å². The van der Waals surface area contributed by atoms with Crippen LogP contribution in [0.3, 0.4) is 0 Å². The predicted octanol–water partition coefficient (Wildman–Crippen LogP) is 12.9. The third kappa shape index (κ3) is 17.8. The first-order valence-corrected chi connectivity index (χ1v) is 23.2. The molecule has 0 aromatic heterocycles. The van der Waals surface area contributed by atoms with Gasteiger partial charge < -0.3 is 23.7 Å². The first kappa shape index (κ1) is 55.0. The summed E-state index contributed by atoms with van der Waals surface area (Å²) in [6.07, 6.45) is 5.88. The van der Waals surface area contributed by atoms with Crippen LogP contribution in [0.2, 0.25) is 0 Å². The molecule has 0 heterocycles. The molecule has 67 heavy (non-hydrogen) atoms. The highest BCUT2D eigenvalue weighted by Crippen LogP contribution is 2.54. The number of alkyl halides is 9. The molecule has 0 saturated heterocycles. The Hall–Kier alpha value is -4.56. The molecule has 0 radical (unpaired) electrons. The van der Waals surface area contributed by atoms with Crippen molar-refractivity contribution in [3.63, 3.8) is 0 Å². The summed E-state index contributed by atoms with van der Waals surface area (Å²) in [5.74, 6) is -14.0. The monoisotopic (exact) mass is 960 g/mol. The largest absolute Gasteiger partial charge is 0.463 e. The summed E-state index contributed by atoms with van der Waals surface area (Å²) in [5, 5.41) is 0. The van der Waals surface area contributed by atoms with Crippen molar-refractivity contribution in [3.8, 4) is 23.3 Å². The van der Waals surface area contributed by atoms with Crippen molar-refractivity contribution >= 4 is 17.9 Å². The fraction of sp³-hybridized carbons (Fsp3) is 0.620. The van der Waals surface area contributed by atoms with Crippen molar-refractivity contribution in [3.05, 3.63) is 72.3 Å². The van der Waals surface area contributed by atoms with Crippen molar-refractivity contribution in [2.45, 2.75) is 165 Å². The molecular formula is C50H61F9O8. The lowest BCUT2D eigenvalue weighted by Crippen LogP contribution is -2.60. The molecule has 2 aromatic carbocycles. The van der Waals surface area contributed by atoms with E-state index < -0.39 is 48.7 Å². The van der Waals surface area contributed by atoms with Gasteiger partial charge in [0.1, 0.15) is 11.5 Å². The second-order valence-corrected chi connectivity index (χ2v) is 17.2. The molecule has 2 aliphatic carbocycles. The molecule has 0 N–H and O–H groups in total. The van der Waals surface area contributed by atoms with Crippen molar-refractivity contribution in [2.75, 3.05) is 19.8 Å². The Morgan fingerprint density at radius 1 is 0.522 bits per heavy atom. The molecule has 8 nitrogen and oxygen atoms in total. The molecule has 0 amide bonds. The maximum absolute atomic E-state index is 13.7. The minimum absolute atomic E-state index is 0.168. The van der Waals surface area contributed by atoms with Crippen LogP contribution >= 0.6 is 0 Å². The van der Waals surface area contributed by atoms with Crippen LogP contribution < -0.4 is 9.47 Å². The van der Waals surface area contributed by atoms with Crippen LogP contribution in [0.4, 0.5) is 39.5 Å². The van der Waals surface area contributed by atoms with Gasteiger partial charge >= 0.3 is 41.9 Å². The zero-order valence-corrected chi connectivity index (χ0v) is 37.6. The Kier molecular flexibility index (Phi) is 22.1. The molecule has 2 saturated carbocycles. The third-order valence-electron chi connectivity index (χ3n) is 12.0. The highest BCUT2D eigenvalue weighted by molar-refractivity contribution is 5.81. The summed E-state index contributed by atoms with van der Waals surface area (Å²) in [7, 11) is 0. The number of halogens is 9. The van der Waals surface area contributed by atoms with Crippen molar-refractivity contribution in [2.24, 2.45) is 11.8 Å². The van der Waals surface area contributed by atoms with Gasteiger partial charge in [0.15, 0.2) is 0 Å². The van der Waals surface area contributed by atoms with Crippen LogP contribution in [0.1, 0.15) is 140 Å². The fourth-order valence-electron chi connectivity index (χ4n) is 7.87. The summed E-state index contributed by atoms with van der Waals surface area (Å²) >= 11 is 0. The second kappa shape index (κ2) is 26.8. The highest BCUT2D eigenvalue weighted by atomic mass is 19.4. The van der Waals surface area contributed by atoms with Gasteiger partial charge in [-0.15, -0.1) is 0 Å². The van der Waals surface area contributed by atoms with Gasteiger partial charge in [-0.3, -0.25) is 9.59 Å². The normalized spacial score (nSPS) is 19.2. The number of hydrogen-bond donors (Lipinski definition) is 0. The maximum atomic E-state index is 13.7. The number of hydrogen-bond acceptors (Lipinski definition) is 8. The molecule has 0 unspecified atom stereocenters. The van der Waals surface area contributed by atoms with Gasteiger partial charge in [-0.2, -0.15) is 39.5 Å². The minimum Gasteiger partial charge on any atom is -0.463 e. The summed E-state index contributed by atoms with van der Waals surface area (Å²) < 4.78 is 145. The molecule has 0 spiro atoms. The minimum atomic E-state index is -6.90. The van der Waals surface area contributed by atoms with Crippen molar-refractivity contribution in [1.82, 2.24) is 0 Å². The molecule has 2 fully saturated rings. The SMILES string of the molecule is C=CC(=O)OCCCCCCCCCCCOC1CCC(C(=O)Oc2ccc(C#Cc3ccc(OC(=O)C4CCC(OCCCCC(F)(F)C(F)(F)C(F)(F)C(F)(F)F)CC4)cc3)cc2)CC1. The first-order valence-electron chi connectivity index (χ1n) is 23.2. The van der Waals surface area contributed by atoms with E-state index in [0.717, 1.165) is 64.4 Å². The molecule has 2 aromatic rings. The summed E-state index contributed by atoms with van der Waals surface area (Å²) in [6, 6.07) is 13.5. The van der Waals surface area contributed by atoms with Crippen LogP contribution in [0.25, 0.3) is 0 Å². The van der Waals surface area contributed by atoms with Crippen LogP contribution in [0.5, 0.6) is 11.5 Å². The smallest absolute Gasteiger partial charge is 0.460 e. The number of carbonyl (C=O) groups excluding carboxylic acids is 3. The number of ether oxygens (including phenoxy) is 5. The lowest BCUT2D eigenvalue weighted by Gasteiger charge is -2.33. The first-order chi connectivity index (χ1) is 31.8. The van der Waals surface area contributed by atoms with Crippen LogP contribution in [0, 0.1) is 23.7 Å². The van der Waals surface area contributed by atoms with Crippen molar-refractivity contribution in [1.29, 1.82) is 0 Å². The van der Waals surface area contributed by atoms with E-state index in [1.54, 1.807) is 48.5 Å². The second-order valence-electron chi connectivity index (χ2n) is 17.2. The van der Waals surface area contributed by atoms with Gasteiger partial charge in [0.05, 0.1) is 30.7 Å². The average Bonchev–Trinajstić information content (AvgIpc) is 3.30. The molecule has 17 heteroatoms. The van der Waals surface area contributed by atoms with Crippen LogP contribution in [-0.2, 0) is 28.6 Å². The van der Waals surface area contributed by atoms with Gasteiger partial charge in [-0.1, -0.05) is 63.4 Å². The van der Waals surface area contributed by atoms with Crippen LogP contribution in [0.15, 0.2) is 61.2 Å². The number of unbranched alkanes of at least 4 members (excludes halogenated alkanes) is 9. The van der Waals surface area contributed by atoms with E-state index in [1.807, 2.05) is 0 Å². The van der Waals surface area contributed by atoms with E-state index in [2.05, 4.69) is 18.4 Å². The molecule has 0 bridgehead atoms. The van der Waals surface area contributed by atoms with E-state index >= 15 is 0 Å². The lowest BCUT2D eigenvalue weighted by molar-refractivity contribution is -0.396. The predicted molar refractivity (Wildman–Crippen MR) is 231 cm³/mol. The topological polar surface area (TPSA) is 97.4 Å². The molecular weight excluding hydrogens is 900 g/mol. The number of esters is 3. The standard InChI is InChI=1S/C50H61F9O8/c1-2-44(60)65-35-12-9-7-5-3-4-6-8-11-33-63-40-28-20-38(21-29-40)45(61)66-42-24-16-36(17-25-42)14-15-37-18-26-43(27-19-37)67-46(62)39-22-30-41(31-23-39)64-34-13-10-32-47(51,52)48(53,54)49(55,56)50(57,58)59/h2,16-19,24-27,38-41H,1,3-13,20-23,28-35H2. The Morgan fingerprint density at radius 3 is 1.28 bits per heavy atom. The quantitative estimate of drug-likeness (QED) is 0.0230. The molecule has 0 aliphatic heterocycles. The Morgan fingerprint density at radius 2 is 0.896 bits per heavy atom. The van der Waals surface area contributed by atoms with E-state index in [-0.39, 0.29) is 43.1 Å². The summed E-state index contributed by atoms with van der Waals surface area (Å²) in [4.78, 5) is 36.7. The zero-order valence-electron chi connectivity index (χ0n) is 37.6. The number of carbonyl (C=O) groups is 3.